The minimum absolute atomic E-state index is 0.246. The standard InChI is InChI=1S/C26H22ClN5O4/c1-16-12-13-21(36-2)20(14-16)29-30-25-24(17-8-4-3-5-9-17)31-32(26(25)35)23(34)15-22(33)28-19-11-7-6-10-18(19)27/h3-14,25H,15H2,1-2H3,(H,28,33). The Kier molecular flexibility index (Phi) is 7.50. The fourth-order valence-electron chi connectivity index (χ4n) is 3.52. The van der Waals surface area contributed by atoms with E-state index in [4.69, 9.17) is 16.3 Å². The second-order valence-electron chi connectivity index (χ2n) is 7.89. The van der Waals surface area contributed by atoms with Crippen LogP contribution >= 0.6 is 11.6 Å². The minimum atomic E-state index is -1.17. The van der Waals surface area contributed by atoms with Crippen molar-refractivity contribution in [1.29, 1.82) is 0 Å². The Balaban J connectivity index is 1.58. The summed E-state index contributed by atoms with van der Waals surface area (Å²) in [5.41, 5.74) is 2.57. The lowest BCUT2D eigenvalue weighted by molar-refractivity contribution is -0.144. The summed E-state index contributed by atoms with van der Waals surface area (Å²) in [6.45, 7) is 1.89. The Hall–Kier alpha value is -4.37. The van der Waals surface area contributed by atoms with Crippen LogP contribution in [0, 0.1) is 6.92 Å². The summed E-state index contributed by atoms with van der Waals surface area (Å²) in [7, 11) is 1.51. The molecular weight excluding hydrogens is 482 g/mol. The zero-order valence-electron chi connectivity index (χ0n) is 19.5. The van der Waals surface area contributed by atoms with Gasteiger partial charge in [0.25, 0.3) is 11.8 Å². The maximum Gasteiger partial charge on any atom is 0.282 e. The maximum atomic E-state index is 13.2. The third kappa shape index (κ3) is 5.47. The van der Waals surface area contributed by atoms with Crippen LogP contribution in [-0.2, 0) is 14.4 Å². The predicted octanol–water partition coefficient (Wildman–Crippen LogP) is 4.91. The molecule has 0 saturated heterocycles. The molecule has 0 aliphatic carbocycles. The van der Waals surface area contributed by atoms with Crippen LogP contribution in [0.1, 0.15) is 17.5 Å². The minimum Gasteiger partial charge on any atom is -0.494 e. The monoisotopic (exact) mass is 503 g/mol. The highest BCUT2D eigenvalue weighted by atomic mass is 35.5. The second kappa shape index (κ2) is 10.9. The Labute approximate surface area is 212 Å². The first-order valence-electron chi connectivity index (χ1n) is 11.0. The number of anilines is 1. The molecule has 182 valence electrons. The molecule has 1 aliphatic heterocycles. The molecule has 0 bridgehead atoms. The van der Waals surface area contributed by atoms with Gasteiger partial charge in [0, 0.05) is 5.56 Å². The Morgan fingerprint density at radius 3 is 2.53 bits per heavy atom. The van der Waals surface area contributed by atoms with Gasteiger partial charge < -0.3 is 10.1 Å². The van der Waals surface area contributed by atoms with E-state index in [0.717, 1.165) is 5.56 Å². The van der Waals surface area contributed by atoms with E-state index >= 15 is 0 Å². The van der Waals surface area contributed by atoms with Crippen molar-refractivity contribution < 1.29 is 19.1 Å². The molecule has 9 nitrogen and oxygen atoms in total. The highest BCUT2D eigenvalue weighted by Gasteiger charge is 2.40. The fraction of sp³-hybridized carbons (Fsp3) is 0.154. The SMILES string of the molecule is COc1ccc(C)cc1N=NC1C(=O)N(C(=O)CC(=O)Nc2ccccc2Cl)N=C1c1ccccc1. The molecule has 0 fully saturated rings. The molecule has 1 unspecified atom stereocenters. The third-order valence-electron chi connectivity index (χ3n) is 5.29. The number of amides is 3. The fourth-order valence-corrected chi connectivity index (χ4v) is 3.70. The summed E-state index contributed by atoms with van der Waals surface area (Å²) in [5, 5.41) is 16.3. The van der Waals surface area contributed by atoms with E-state index in [2.05, 4.69) is 20.6 Å². The van der Waals surface area contributed by atoms with Crippen LogP contribution in [0.2, 0.25) is 5.02 Å². The van der Waals surface area contributed by atoms with Crippen molar-refractivity contribution in [3.05, 3.63) is 88.9 Å². The highest BCUT2D eigenvalue weighted by Crippen LogP contribution is 2.30. The van der Waals surface area contributed by atoms with Gasteiger partial charge in [0.05, 0.1) is 17.8 Å². The van der Waals surface area contributed by atoms with Crippen LogP contribution in [-0.4, -0.2) is 41.6 Å². The van der Waals surface area contributed by atoms with Gasteiger partial charge in [-0.3, -0.25) is 14.4 Å². The van der Waals surface area contributed by atoms with Gasteiger partial charge in [-0.15, -0.1) is 0 Å². The zero-order chi connectivity index (χ0) is 25.7. The summed E-state index contributed by atoms with van der Waals surface area (Å²) in [6.07, 6.45) is -0.613. The number of nitrogens with zero attached hydrogens (tertiary/aromatic N) is 4. The normalized spacial score (nSPS) is 15.2. The molecule has 1 atom stereocenters. The van der Waals surface area contributed by atoms with E-state index in [1.54, 1.807) is 60.7 Å². The number of imide groups is 1. The number of halogens is 1. The van der Waals surface area contributed by atoms with E-state index < -0.39 is 30.2 Å². The number of hydrogen-bond donors (Lipinski definition) is 1. The third-order valence-corrected chi connectivity index (χ3v) is 5.62. The molecule has 36 heavy (non-hydrogen) atoms. The molecule has 0 radical (unpaired) electrons. The number of hydrazone groups is 1. The summed E-state index contributed by atoms with van der Waals surface area (Å²) < 4.78 is 5.33. The molecule has 4 rings (SSSR count). The first kappa shape index (κ1) is 24.7. The summed E-state index contributed by atoms with van der Waals surface area (Å²) in [4.78, 5) is 38.6. The number of carbonyl (C=O) groups is 3. The molecule has 0 saturated carbocycles. The number of rotatable bonds is 7. The van der Waals surface area contributed by atoms with Gasteiger partial charge in [0.15, 0.2) is 6.04 Å². The number of nitrogens with one attached hydrogen (secondary N) is 1. The van der Waals surface area contributed by atoms with Crippen LogP contribution < -0.4 is 10.1 Å². The van der Waals surface area contributed by atoms with Crippen molar-refractivity contribution in [2.24, 2.45) is 15.3 Å². The number of methoxy groups -OCH3 is 1. The van der Waals surface area contributed by atoms with Crippen LogP contribution in [0.25, 0.3) is 0 Å². The number of benzene rings is 3. The predicted molar refractivity (Wildman–Crippen MR) is 136 cm³/mol. The number of ether oxygens (including phenoxy) is 1. The molecule has 1 heterocycles. The van der Waals surface area contributed by atoms with Crippen molar-refractivity contribution in [2.45, 2.75) is 19.4 Å². The number of azo groups is 1. The highest BCUT2D eigenvalue weighted by molar-refractivity contribution is 6.33. The quantitative estimate of drug-likeness (QED) is 0.364. The maximum absolute atomic E-state index is 13.2. The van der Waals surface area contributed by atoms with Crippen LogP contribution in [0.15, 0.2) is 88.1 Å². The Morgan fingerprint density at radius 1 is 1.08 bits per heavy atom. The molecular formula is C26H22ClN5O4. The van der Waals surface area contributed by atoms with Crippen molar-refractivity contribution >= 4 is 46.4 Å². The van der Waals surface area contributed by atoms with E-state index in [0.29, 0.717) is 32.7 Å². The molecule has 3 aromatic carbocycles. The number of aryl methyl sites for hydroxylation is 1. The molecule has 0 aromatic heterocycles. The van der Waals surface area contributed by atoms with E-state index in [1.165, 1.54) is 7.11 Å². The molecule has 0 spiro atoms. The molecule has 1 aliphatic rings. The average molecular weight is 504 g/mol. The van der Waals surface area contributed by atoms with Crippen LogP contribution in [0.4, 0.5) is 11.4 Å². The summed E-state index contributed by atoms with van der Waals surface area (Å²) in [5.74, 6) is -1.66. The average Bonchev–Trinajstić information content (AvgIpc) is 3.21. The van der Waals surface area contributed by atoms with Gasteiger partial charge >= 0.3 is 0 Å². The second-order valence-corrected chi connectivity index (χ2v) is 8.30. The van der Waals surface area contributed by atoms with Crippen molar-refractivity contribution in [3.63, 3.8) is 0 Å². The van der Waals surface area contributed by atoms with E-state index in [-0.39, 0.29) is 5.71 Å². The smallest absolute Gasteiger partial charge is 0.282 e. The number of para-hydroxylation sites is 1. The van der Waals surface area contributed by atoms with Gasteiger partial charge in [-0.2, -0.15) is 20.3 Å². The lowest BCUT2D eigenvalue weighted by atomic mass is 10.0. The number of carbonyl (C=O) groups excluding carboxylic acids is 3. The van der Waals surface area contributed by atoms with Crippen molar-refractivity contribution in [3.8, 4) is 5.75 Å². The van der Waals surface area contributed by atoms with Gasteiger partial charge in [0.1, 0.15) is 23.6 Å². The number of hydrogen-bond acceptors (Lipinski definition) is 7. The van der Waals surface area contributed by atoms with Crippen LogP contribution in [0.5, 0.6) is 5.75 Å². The zero-order valence-corrected chi connectivity index (χ0v) is 20.3. The van der Waals surface area contributed by atoms with Crippen LogP contribution in [0.3, 0.4) is 0 Å². The lowest BCUT2D eigenvalue weighted by Gasteiger charge is -2.11. The molecule has 10 heteroatoms. The summed E-state index contributed by atoms with van der Waals surface area (Å²) >= 11 is 6.06. The van der Waals surface area contributed by atoms with Gasteiger partial charge in [0.2, 0.25) is 5.91 Å². The summed E-state index contributed by atoms with van der Waals surface area (Å²) in [6, 6.07) is 19.7. The topological polar surface area (TPSA) is 113 Å². The van der Waals surface area contributed by atoms with Gasteiger partial charge in [-0.1, -0.05) is 60.1 Å². The van der Waals surface area contributed by atoms with E-state index in [1.807, 2.05) is 19.1 Å². The van der Waals surface area contributed by atoms with Crippen molar-refractivity contribution in [2.75, 3.05) is 12.4 Å². The molecule has 3 aromatic rings. The Bertz CT molecular complexity index is 1370. The Morgan fingerprint density at radius 2 is 1.81 bits per heavy atom. The largest absolute Gasteiger partial charge is 0.494 e. The molecule has 1 N–H and O–H groups in total. The van der Waals surface area contributed by atoms with Crippen molar-refractivity contribution in [1.82, 2.24) is 5.01 Å². The lowest BCUT2D eigenvalue weighted by Crippen LogP contribution is -2.36. The van der Waals surface area contributed by atoms with Gasteiger partial charge in [-0.05, 0) is 36.8 Å². The molecule has 3 amide bonds. The first-order valence-corrected chi connectivity index (χ1v) is 11.4. The van der Waals surface area contributed by atoms with Gasteiger partial charge in [-0.25, -0.2) is 0 Å². The van der Waals surface area contributed by atoms with E-state index in [9.17, 15) is 14.4 Å². The first-order chi connectivity index (χ1) is 17.4.